The molecule has 0 aliphatic heterocycles. The van der Waals surface area contributed by atoms with Crippen molar-refractivity contribution in [2.24, 2.45) is 4.99 Å². The summed E-state index contributed by atoms with van der Waals surface area (Å²) >= 11 is 1.41. The molecule has 5 aromatic rings. The fourth-order valence-corrected chi connectivity index (χ4v) is 4.46. The van der Waals surface area contributed by atoms with Gasteiger partial charge in [-0.15, -0.1) is 11.3 Å². The molecular weight excluding hydrogens is 458 g/mol. The van der Waals surface area contributed by atoms with Crippen molar-refractivity contribution in [1.82, 2.24) is 4.98 Å². The maximum atomic E-state index is 12.2. The number of phenols is 1. The Morgan fingerprint density at radius 1 is 1.03 bits per heavy atom. The molecule has 35 heavy (non-hydrogen) atoms. The number of carbonyl (C=O) groups is 1. The summed E-state index contributed by atoms with van der Waals surface area (Å²) in [5.74, 6) is 0.116. The molecule has 3 aromatic carbocycles. The molecule has 4 N–H and O–H groups in total. The Bertz CT molecular complexity index is 1530. The van der Waals surface area contributed by atoms with Gasteiger partial charge in [-0.3, -0.25) is 9.79 Å². The molecule has 6 nitrogen and oxygen atoms in total. The summed E-state index contributed by atoms with van der Waals surface area (Å²) in [5, 5.41) is 26.0. The lowest BCUT2D eigenvalue weighted by Gasteiger charge is -2.06. The van der Waals surface area contributed by atoms with Crippen LogP contribution in [0, 0.1) is 6.92 Å². The number of aromatic amines is 1. The summed E-state index contributed by atoms with van der Waals surface area (Å²) in [7, 11) is 0. The van der Waals surface area contributed by atoms with E-state index in [1.165, 1.54) is 11.3 Å². The molecule has 0 saturated carbocycles. The molecule has 2 aromatic heterocycles. The van der Waals surface area contributed by atoms with Crippen LogP contribution in [-0.2, 0) is 6.42 Å². The average Bonchev–Trinajstić information content (AvgIpc) is 3.49. The number of aromatic hydroxyl groups is 2. The van der Waals surface area contributed by atoms with Crippen molar-refractivity contribution in [3.63, 3.8) is 0 Å². The molecule has 7 heteroatoms. The van der Waals surface area contributed by atoms with E-state index in [9.17, 15) is 15.0 Å². The van der Waals surface area contributed by atoms with E-state index in [-0.39, 0.29) is 17.5 Å². The second-order valence-corrected chi connectivity index (χ2v) is 9.25. The highest BCUT2D eigenvalue weighted by molar-refractivity contribution is 7.12. The highest BCUT2D eigenvalue weighted by Gasteiger charge is 2.11. The van der Waals surface area contributed by atoms with Gasteiger partial charge in [0.2, 0.25) is 0 Å². The first-order valence-electron chi connectivity index (χ1n) is 11.1. The fourth-order valence-electron chi connectivity index (χ4n) is 3.85. The third-order valence-corrected chi connectivity index (χ3v) is 6.65. The van der Waals surface area contributed by atoms with E-state index in [1.54, 1.807) is 24.4 Å². The van der Waals surface area contributed by atoms with E-state index in [0.29, 0.717) is 22.5 Å². The lowest BCUT2D eigenvalue weighted by atomic mass is 10.0. The number of hydrogen-bond acceptors (Lipinski definition) is 5. The SMILES string of the molecule is Cc1ccc(N=Cc2c(O)[nH]c3ccc(Cc4ccc(NC(=O)c5cccs5)cc4)cc23)cc1O. The smallest absolute Gasteiger partial charge is 0.265 e. The summed E-state index contributed by atoms with van der Waals surface area (Å²) in [6.45, 7) is 1.82. The van der Waals surface area contributed by atoms with Gasteiger partial charge in [-0.25, -0.2) is 0 Å². The van der Waals surface area contributed by atoms with Gasteiger partial charge in [-0.2, -0.15) is 0 Å². The van der Waals surface area contributed by atoms with Crippen molar-refractivity contribution in [3.8, 4) is 11.6 Å². The molecule has 1 amide bonds. The third-order valence-electron chi connectivity index (χ3n) is 5.78. The highest BCUT2D eigenvalue weighted by atomic mass is 32.1. The zero-order chi connectivity index (χ0) is 24.4. The second-order valence-electron chi connectivity index (χ2n) is 8.30. The van der Waals surface area contributed by atoms with Gasteiger partial charge in [0.25, 0.3) is 5.91 Å². The summed E-state index contributed by atoms with van der Waals surface area (Å²) in [6.07, 6.45) is 2.30. The van der Waals surface area contributed by atoms with E-state index in [1.807, 2.05) is 66.9 Å². The quantitative estimate of drug-likeness (QED) is 0.207. The molecule has 5 rings (SSSR count). The van der Waals surface area contributed by atoms with Gasteiger partial charge in [-0.05, 0) is 71.8 Å². The van der Waals surface area contributed by atoms with Crippen LogP contribution in [0.15, 0.2) is 83.2 Å². The number of anilines is 1. The van der Waals surface area contributed by atoms with E-state index >= 15 is 0 Å². The van der Waals surface area contributed by atoms with Crippen LogP contribution in [0.25, 0.3) is 10.9 Å². The van der Waals surface area contributed by atoms with E-state index in [0.717, 1.165) is 33.3 Å². The molecular formula is C28H23N3O3S. The minimum absolute atomic E-state index is 0.0445. The normalized spacial score (nSPS) is 11.3. The summed E-state index contributed by atoms with van der Waals surface area (Å²) in [5.41, 5.74) is 5.71. The minimum Gasteiger partial charge on any atom is -0.508 e. The van der Waals surface area contributed by atoms with E-state index in [4.69, 9.17) is 0 Å². The Labute approximate surface area is 206 Å². The lowest BCUT2D eigenvalue weighted by Crippen LogP contribution is -2.09. The Morgan fingerprint density at radius 3 is 2.57 bits per heavy atom. The third kappa shape index (κ3) is 4.95. The van der Waals surface area contributed by atoms with Crippen molar-refractivity contribution in [3.05, 3.63) is 105 Å². The Kier molecular flexibility index (Phi) is 6.08. The van der Waals surface area contributed by atoms with Gasteiger partial charge >= 0.3 is 0 Å². The van der Waals surface area contributed by atoms with Crippen LogP contribution >= 0.6 is 11.3 Å². The van der Waals surface area contributed by atoms with Crippen LogP contribution in [0.5, 0.6) is 11.6 Å². The highest BCUT2D eigenvalue weighted by Crippen LogP contribution is 2.29. The molecule has 0 aliphatic rings. The molecule has 0 unspecified atom stereocenters. The van der Waals surface area contributed by atoms with Crippen molar-refractivity contribution in [2.45, 2.75) is 13.3 Å². The minimum atomic E-state index is -0.111. The molecule has 0 spiro atoms. The first-order chi connectivity index (χ1) is 17.0. The van der Waals surface area contributed by atoms with Gasteiger partial charge < -0.3 is 20.5 Å². The number of aryl methyl sites for hydroxylation is 1. The Balaban J connectivity index is 1.34. The number of benzene rings is 3. The number of fused-ring (bicyclic) bond motifs is 1. The molecule has 0 radical (unpaired) electrons. The molecule has 0 fully saturated rings. The number of aliphatic imine (C=N–C) groups is 1. The number of hydrogen-bond donors (Lipinski definition) is 4. The van der Waals surface area contributed by atoms with Crippen molar-refractivity contribution >= 4 is 45.7 Å². The standard InChI is InChI=1S/C28H23N3O3S/c1-17-4-8-21(15-25(17)32)29-16-23-22-14-19(7-11-24(22)31-27(23)33)13-18-5-9-20(10-6-18)30-28(34)26-3-2-12-35-26/h2-12,14-16,31-33H,13H2,1H3,(H,30,34). The van der Waals surface area contributed by atoms with E-state index < -0.39 is 0 Å². The number of carbonyl (C=O) groups excluding carboxylic acids is 1. The van der Waals surface area contributed by atoms with Crippen LogP contribution in [0.4, 0.5) is 11.4 Å². The topological polar surface area (TPSA) is 97.7 Å². The number of H-pyrrole nitrogens is 1. The van der Waals surface area contributed by atoms with Crippen LogP contribution in [0.2, 0.25) is 0 Å². The predicted molar refractivity (Wildman–Crippen MR) is 142 cm³/mol. The molecule has 0 atom stereocenters. The largest absolute Gasteiger partial charge is 0.508 e. The van der Waals surface area contributed by atoms with Crippen molar-refractivity contribution < 1.29 is 15.0 Å². The average molecular weight is 482 g/mol. The van der Waals surface area contributed by atoms with Crippen LogP contribution < -0.4 is 5.32 Å². The maximum absolute atomic E-state index is 12.2. The van der Waals surface area contributed by atoms with Crippen LogP contribution in [-0.4, -0.2) is 27.3 Å². The molecule has 174 valence electrons. The zero-order valence-electron chi connectivity index (χ0n) is 18.9. The maximum Gasteiger partial charge on any atom is 0.265 e. The van der Waals surface area contributed by atoms with Gasteiger partial charge in [-0.1, -0.05) is 30.3 Å². The first-order valence-corrected chi connectivity index (χ1v) is 12.0. The zero-order valence-corrected chi connectivity index (χ0v) is 19.8. The van der Waals surface area contributed by atoms with Gasteiger partial charge in [0.1, 0.15) is 5.75 Å². The van der Waals surface area contributed by atoms with Gasteiger partial charge in [0, 0.05) is 28.9 Å². The molecule has 2 heterocycles. The Morgan fingerprint density at radius 2 is 1.83 bits per heavy atom. The Hall–Kier alpha value is -4.36. The summed E-state index contributed by atoms with van der Waals surface area (Å²) in [4.78, 5) is 20.3. The number of phenolic OH excluding ortho intramolecular Hbond substituents is 1. The predicted octanol–water partition coefficient (Wildman–Crippen LogP) is 6.54. The molecule has 0 saturated heterocycles. The first kappa shape index (κ1) is 22.4. The van der Waals surface area contributed by atoms with Crippen molar-refractivity contribution in [1.29, 1.82) is 0 Å². The van der Waals surface area contributed by atoms with Gasteiger partial charge in [0.15, 0.2) is 5.88 Å². The number of amides is 1. The monoisotopic (exact) mass is 481 g/mol. The fraction of sp³-hybridized carbons (Fsp3) is 0.0714. The van der Waals surface area contributed by atoms with E-state index in [2.05, 4.69) is 15.3 Å². The van der Waals surface area contributed by atoms with Crippen LogP contribution in [0.3, 0.4) is 0 Å². The number of aromatic nitrogens is 1. The second kappa shape index (κ2) is 9.48. The lowest BCUT2D eigenvalue weighted by molar-refractivity contribution is 0.103. The van der Waals surface area contributed by atoms with Crippen molar-refractivity contribution in [2.75, 3.05) is 5.32 Å². The number of rotatable bonds is 6. The number of thiophene rings is 1. The summed E-state index contributed by atoms with van der Waals surface area (Å²) < 4.78 is 0. The summed E-state index contributed by atoms with van der Waals surface area (Å²) in [6, 6.07) is 22.6. The number of nitrogens with zero attached hydrogens (tertiary/aromatic N) is 1. The van der Waals surface area contributed by atoms with Crippen LogP contribution in [0.1, 0.15) is 31.9 Å². The van der Waals surface area contributed by atoms with Gasteiger partial charge in [0.05, 0.1) is 16.1 Å². The number of nitrogens with one attached hydrogen (secondary N) is 2. The molecule has 0 bridgehead atoms. The molecule has 0 aliphatic carbocycles.